The van der Waals surface area contributed by atoms with Gasteiger partial charge in [-0.05, 0) is 24.3 Å². The highest BCUT2D eigenvalue weighted by molar-refractivity contribution is 6.27. The van der Waals surface area contributed by atoms with Crippen LogP contribution in [0.25, 0.3) is 0 Å². The van der Waals surface area contributed by atoms with Gasteiger partial charge in [-0.1, -0.05) is 18.2 Å². The number of aliphatic hydroxyl groups is 1. The van der Waals surface area contributed by atoms with Crippen molar-refractivity contribution in [3.05, 3.63) is 54.5 Å². The molecule has 3 N–H and O–H groups in total. The van der Waals surface area contributed by atoms with Gasteiger partial charge < -0.3 is 29.4 Å². The van der Waals surface area contributed by atoms with Crippen molar-refractivity contribution < 1.29 is 34.1 Å². The summed E-state index contributed by atoms with van der Waals surface area (Å²) in [6.45, 7) is 5.30. The molecule has 1 atom stereocenters. The van der Waals surface area contributed by atoms with Crippen molar-refractivity contribution in [2.24, 2.45) is 0 Å². The van der Waals surface area contributed by atoms with Crippen LogP contribution in [0.15, 0.2) is 53.1 Å². The molecule has 29 heavy (non-hydrogen) atoms. The van der Waals surface area contributed by atoms with Crippen molar-refractivity contribution in [2.45, 2.75) is 12.7 Å². The molecule has 1 aliphatic rings. The zero-order valence-corrected chi connectivity index (χ0v) is 16.0. The number of carboxylic acid groups (broad SMARTS) is 2. The summed E-state index contributed by atoms with van der Waals surface area (Å²) in [6, 6.07) is 14.2. The Morgan fingerprint density at radius 1 is 1.00 bits per heavy atom. The van der Waals surface area contributed by atoms with E-state index in [9.17, 15) is 5.11 Å². The molecule has 0 aliphatic carbocycles. The molecule has 9 nitrogen and oxygen atoms in total. The van der Waals surface area contributed by atoms with E-state index in [0.717, 1.165) is 31.9 Å². The molecule has 1 unspecified atom stereocenters. The van der Waals surface area contributed by atoms with Crippen molar-refractivity contribution in [3.63, 3.8) is 0 Å². The second-order valence-corrected chi connectivity index (χ2v) is 6.48. The quantitative estimate of drug-likeness (QED) is 0.581. The summed E-state index contributed by atoms with van der Waals surface area (Å²) in [7, 11) is 0. The number of nitrogens with zero attached hydrogens (tertiary/aromatic N) is 2. The Labute approximate surface area is 168 Å². The second-order valence-electron chi connectivity index (χ2n) is 6.48. The molecule has 1 aromatic heterocycles. The Morgan fingerprint density at radius 2 is 1.66 bits per heavy atom. The first-order valence-corrected chi connectivity index (χ1v) is 9.22. The van der Waals surface area contributed by atoms with Crippen LogP contribution in [0.3, 0.4) is 0 Å². The highest BCUT2D eigenvalue weighted by Gasteiger charge is 2.19. The molecule has 0 radical (unpaired) electrons. The number of β-amino-alcohol motifs (C(OH)–C–C–N with tert-alkyl or cyclic N) is 1. The van der Waals surface area contributed by atoms with E-state index in [-0.39, 0.29) is 0 Å². The minimum absolute atomic E-state index is 0.333. The van der Waals surface area contributed by atoms with E-state index in [2.05, 4.69) is 34.1 Å². The first kappa shape index (κ1) is 22.4. The number of anilines is 1. The number of aliphatic carboxylic acids is 2. The molecule has 0 bridgehead atoms. The Kier molecular flexibility index (Phi) is 9.16. The average molecular weight is 406 g/mol. The number of benzene rings is 1. The number of aliphatic hydroxyl groups excluding tert-OH is 1. The largest absolute Gasteiger partial charge is 0.473 e. The smallest absolute Gasteiger partial charge is 0.414 e. The van der Waals surface area contributed by atoms with E-state index in [4.69, 9.17) is 29.0 Å². The molecule has 0 amide bonds. The molecule has 1 fully saturated rings. The fourth-order valence-electron chi connectivity index (χ4n) is 2.87. The summed E-state index contributed by atoms with van der Waals surface area (Å²) in [5.74, 6) is -2.86. The van der Waals surface area contributed by atoms with Crippen molar-refractivity contribution in [1.29, 1.82) is 0 Å². The summed E-state index contributed by atoms with van der Waals surface area (Å²) >= 11 is 0. The number of hydrogen-bond acceptors (Lipinski definition) is 7. The van der Waals surface area contributed by atoms with E-state index in [1.165, 1.54) is 5.69 Å². The number of furan rings is 1. The first-order valence-electron chi connectivity index (χ1n) is 9.22. The minimum Gasteiger partial charge on any atom is -0.473 e. The standard InChI is InChI=1S/C18H24N2O3.C2H2O4/c21-17(14-22-15-18-7-4-12-23-18)13-19-8-10-20(11-9-19)16-5-2-1-3-6-16;3-1(4)2(5)6/h1-7,12,17,21H,8-11,13-15H2;(H,3,4)(H,5,6). The third-order valence-electron chi connectivity index (χ3n) is 4.28. The lowest BCUT2D eigenvalue weighted by Gasteiger charge is -2.36. The summed E-state index contributed by atoms with van der Waals surface area (Å²) in [4.78, 5) is 22.9. The summed E-state index contributed by atoms with van der Waals surface area (Å²) in [6.07, 6.45) is 1.16. The fraction of sp³-hybridized carbons (Fsp3) is 0.400. The second kappa shape index (κ2) is 11.8. The van der Waals surface area contributed by atoms with E-state index in [1.807, 2.05) is 18.2 Å². The molecule has 9 heteroatoms. The van der Waals surface area contributed by atoms with Gasteiger partial charge in [-0.25, -0.2) is 9.59 Å². The lowest BCUT2D eigenvalue weighted by Crippen LogP contribution is -2.49. The monoisotopic (exact) mass is 406 g/mol. The summed E-state index contributed by atoms with van der Waals surface area (Å²) < 4.78 is 10.7. The van der Waals surface area contributed by atoms with Gasteiger partial charge in [-0.15, -0.1) is 0 Å². The fourth-order valence-corrected chi connectivity index (χ4v) is 2.87. The maximum absolute atomic E-state index is 10.1. The van der Waals surface area contributed by atoms with Gasteiger partial charge in [0.25, 0.3) is 0 Å². The van der Waals surface area contributed by atoms with Crippen LogP contribution in [-0.2, 0) is 20.9 Å². The molecule has 3 rings (SSSR count). The van der Waals surface area contributed by atoms with Crippen LogP contribution in [0.4, 0.5) is 5.69 Å². The third kappa shape index (κ3) is 8.34. The maximum atomic E-state index is 10.1. The van der Waals surface area contributed by atoms with Gasteiger partial charge in [-0.2, -0.15) is 0 Å². The number of carboxylic acids is 2. The third-order valence-corrected chi connectivity index (χ3v) is 4.28. The number of hydrogen-bond donors (Lipinski definition) is 3. The van der Waals surface area contributed by atoms with E-state index in [0.29, 0.717) is 19.8 Å². The lowest BCUT2D eigenvalue weighted by atomic mass is 10.2. The number of rotatable bonds is 7. The molecule has 1 saturated heterocycles. The number of ether oxygens (including phenoxy) is 1. The predicted molar refractivity (Wildman–Crippen MR) is 105 cm³/mol. The first-order chi connectivity index (χ1) is 14.0. The Morgan fingerprint density at radius 3 is 2.21 bits per heavy atom. The summed E-state index contributed by atoms with van der Waals surface area (Å²) in [5.41, 5.74) is 1.27. The Bertz CT molecular complexity index is 717. The minimum atomic E-state index is -1.82. The van der Waals surface area contributed by atoms with Crippen LogP contribution >= 0.6 is 0 Å². The van der Waals surface area contributed by atoms with Crippen molar-refractivity contribution >= 4 is 17.6 Å². The molecule has 0 saturated carbocycles. The van der Waals surface area contributed by atoms with Crippen LogP contribution in [-0.4, -0.2) is 77.6 Å². The van der Waals surface area contributed by atoms with Crippen LogP contribution in [0.1, 0.15) is 5.76 Å². The SMILES string of the molecule is O=C(O)C(=O)O.OC(COCc1ccco1)CN1CCN(c2ccccc2)CC1. The maximum Gasteiger partial charge on any atom is 0.414 e. The van der Waals surface area contributed by atoms with Crippen LogP contribution in [0.2, 0.25) is 0 Å². The van der Waals surface area contributed by atoms with Gasteiger partial charge >= 0.3 is 11.9 Å². The molecule has 2 aromatic rings. The molecule has 1 aliphatic heterocycles. The molecule has 158 valence electrons. The van der Waals surface area contributed by atoms with Crippen molar-refractivity contribution in [3.8, 4) is 0 Å². The van der Waals surface area contributed by atoms with Gasteiger partial charge in [0, 0.05) is 38.4 Å². The van der Waals surface area contributed by atoms with E-state index in [1.54, 1.807) is 6.26 Å². The van der Waals surface area contributed by atoms with Gasteiger partial charge in [0.05, 0.1) is 19.0 Å². The molecule has 1 aromatic carbocycles. The van der Waals surface area contributed by atoms with Crippen LogP contribution in [0.5, 0.6) is 0 Å². The van der Waals surface area contributed by atoms with Gasteiger partial charge in [0.2, 0.25) is 0 Å². The highest BCUT2D eigenvalue weighted by atomic mass is 16.5. The van der Waals surface area contributed by atoms with Crippen LogP contribution < -0.4 is 4.90 Å². The molecule has 2 heterocycles. The topological polar surface area (TPSA) is 124 Å². The average Bonchev–Trinajstić information content (AvgIpc) is 3.23. The predicted octanol–water partition coefficient (Wildman–Crippen LogP) is 1.13. The Balaban J connectivity index is 0.000000438. The molecule has 0 spiro atoms. The number of carbonyl (C=O) groups is 2. The summed E-state index contributed by atoms with van der Waals surface area (Å²) in [5, 5.41) is 24.9. The Hall–Kier alpha value is -2.88. The molecular weight excluding hydrogens is 380 g/mol. The van der Waals surface area contributed by atoms with Gasteiger partial charge in [-0.3, -0.25) is 4.90 Å². The van der Waals surface area contributed by atoms with Crippen molar-refractivity contribution in [1.82, 2.24) is 4.90 Å². The van der Waals surface area contributed by atoms with Crippen molar-refractivity contribution in [2.75, 3.05) is 44.2 Å². The van der Waals surface area contributed by atoms with Gasteiger partial charge in [0.1, 0.15) is 12.4 Å². The van der Waals surface area contributed by atoms with E-state index >= 15 is 0 Å². The zero-order valence-electron chi connectivity index (χ0n) is 16.0. The number of piperazine rings is 1. The zero-order chi connectivity index (χ0) is 21.1. The molecular formula is C20H26N2O7. The lowest BCUT2D eigenvalue weighted by molar-refractivity contribution is -0.159. The normalized spacial score (nSPS) is 15.3. The van der Waals surface area contributed by atoms with Crippen LogP contribution in [0, 0.1) is 0 Å². The van der Waals surface area contributed by atoms with E-state index < -0.39 is 18.0 Å². The highest BCUT2D eigenvalue weighted by Crippen LogP contribution is 2.15. The number of para-hydroxylation sites is 1. The van der Waals surface area contributed by atoms with Gasteiger partial charge in [0.15, 0.2) is 0 Å².